The molecule has 3 heterocycles. The fraction of sp³-hybridized carbons (Fsp3) is 0.750. The highest BCUT2D eigenvalue weighted by molar-refractivity contribution is 5.75. The van der Waals surface area contributed by atoms with E-state index in [1.165, 1.54) is 19.3 Å². The zero-order valence-corrected chi connectivity index (χ0v) is 14.1. The van der Waals surface area contributed by atoms with Crippen molar-refractivity contribution in [2.75, 3.05) is 26.2 Å². The van der Waals surface area contributed by atoms with Gasteiger partial charge in [-0.2, -0.15) is 4.98 Å². The van der Waals surface area contributed by atoms with Crippen LogP contribution >= 0.6 is 0 Å². The summed E-state index contributed by atoms with van der Waals surface area (Å²) in [5.41, 5.74) is 0. The molecule has 3 fully saturated rings. The smallest absolute Gasteiger partial charge is 0.410 e. The molecule has 1 saturated carbocycles. The number of rotatable bonds is 3. The maximum atomic E-state index is 12.3. The lowest BCUT2D eigenvalue weighted by Crippen LogP contribution is -2.55. The van der Waals surface area contributed by atoms with Gasteiger partial charge in [0.25, 0.3) is 0 Å². The Bertz CT molecular complexity index is 642. The van der Waals surface area contributed by atoms with Crippen molar-refractivity contribution in [3.63, 3.8) is 0 Å². The van der Waals surface area contributed by atoms with Crippen LogP contribution < -0.4 is 5.32 Å². The molecule has 136 valence electrons. The number of hydrogen-bond acceptors (Lipinski definition) is 6. The van der Waals surface area contributed by atoms with E-state index >= 15 is 0 Å². The number of amides is 3. The second kappa shape index (κ2) is 6.89. The quantitative estimate of drug-likeness (QED) is 0.887. The van der Waals surface area contributed by atoms with Gasteiger partial charge in [-0.05, 0) is 12.8 Å². The average Bonchev–Trinajstić information content (AvgIpc) is 3.27. The number of piperazine rings is 1. The van der Waals surface area contributed by atoms with Crippen LogP contribution in [0.2, 0.25) is 0 Å². The number of fused-ring (bicyclic) bond motifs is 1. The molecule has 9 nitrogen and oxygen atoms in total. The maximum Gasteiger partial charge on any atom is 0.410 e. The number of aromatic nitrogens is 2. The Morgan fingerprint density at radius 1 is 1.24 bits per heavy atom. The lowest BCUT2D eigenvalue weighted by atomic mass is 9.89. The van der Waals surface area contributed by atoms with Crippen molar-refractivity contribution in [2.24, 2.45) is 0 Å². The fourth-order valence-electron chi connectivity index (χ4n) is 3.80. The van der Waals surface area contributed by atoms with E-state index in [1.54, 1.807) is 9.80 Å². The Hall–Kier alpha value is -2.32. The van der Waals surface area contributed by atoms with Gasteiger partial charge in [0.05, 0.1) is 12.6 Å². The van der Waals surface area contributed by atoms with Gasteiger partial charge in [0.15, 0.2) is 5.82 Å². The van der Waals surface area contributed by atoms with E-state index in [0.29, 0.717) is 38.0 Å². The highest BCUT2D eigenvalue weighted by Gasteiger charge is 2.38. The first-order valence-electron chi connectivity index (χ1n) is 8.99. The van der Waals surface area contributed by atoms with Gasteiger partial charge in [-0.1, -0.05) is 24.4 Å². The Balaban J connectivity index is 1.27. The fourth-order valence-corrected chi connectivity index (χ4v) is 3.80. The monoisotopic (exact) mass is 349 g/mol. The molecule has 4 rings (SSSR count). The normalized spacial score (nSPS) is 24.2. The molecular formula is C16H23N5O4. The van der Waals surface area contributed by atoms with Gasteiger partial charge in [-0.25, -0.2) is 9.59 Å². The van der Waals surface area contributed by atoms with Crippen LogP contribution in [0.5, 0.6) is 0 Å². The molecule has 25 heavy (non-hydrogen) atoms. The van der Waals surface area contributed by atoms with Crippen molar-refractivity contribution in [2.45, 2.75) is 50.6 Å². The third-order valence-electron chi connectivity index (χ3n) is 5.25. The minimum absolute atomic E-state index is 0.0479. The number of nitrogens with zero attached hydrogens (tertiary/aromatic N) is 4. The zero-order valence-electron chi connectivity index (χ0n) is 14.1. The Morgan fingerprint density at radius 2 is 2.08 bits per heavy atom. The van der Waals surface area contributed by atoms with Crippen LogP contribution in [0.3, 0.4) is 0 Å². The van der Waals surface area contributed by atoms with Crippen molar-refractivity contribution >= 4 is 12.1 Å². The summed E-state index contributed by atoms with van der Waals surface area (Å²) < 4.78 is 10.3. The predicted octanol–water partition coefficient (Wildman–Crippen LogP) is 1.46. The third-order valence-corrected chi connectivity index (χ3v) is 5.25. The van der Waals surface area contributed by atoms with Crippen LogP contribution in [0.15, 0.2) is 4.52 Å². The number of carbonyl (C=O) groups is 2. The average molecular weight is 349 g/mol. The van der Waals surface area contributed by atoms with E-state index in [0.717, 1.165) is 18.7 Å². The Kier molecular flexibility index (Phi) is 4.46. The van der Waals surface area contributed by atoms with E-state index < -0.39 is 0 Å². The summed E-state index contributed by atoms with van der Waals surface area (Å²) in [5, 5.41) is 6.89. The van der Waals surface area contributed by atoms with Crippen molar-refractivity contribution < 1.29 is 18.8 Å². The summed E-state index contributed by atoms with van der Waals surface area (Å²) in [4.78, 5) is 31.6. The van der Waals surface area contributed by atoms with E-state index in [9.17, 15) is 9.59 Å². The molecule has 2 aliphatic heterocycles. The van der Waals surface area contributed by atoms with Crippen LogP contribution in [-0.4, -0.2) is 64.3 Å². The number of carbonyl (C=O) groups excluding carboxylic acids is 2. The summed E-state index contributed by atoms with van der Waals surface area (Å²) in [6.07, 6.45) is 5.64. The Morgan fingerprint density at radius 3 is 2.92 bits per heavy atom. The van der Waals surface area contributed by atoms with Gasteiger partial charge in [-0.3, -0.25) is 4.90 Å². The molecule has 1 aromatic heterocycles. The van der Waals surface area contributed by atoms with Crippen LogP contribution in [0.1, 0.15) is 49.7 Å². The maximum absolute atomic E-state index is 12.3. The van der Waals surface area contributed by atoms with E-state index in [4.69, 9.17) is 9.26 Å². The lowest BCUT2D eigenvalue weighted by Gasteiger charge is -2.35. The van der Waals surface area contributed by atoms with Crippen LogP contribution in [0.25, 0.3) is 0 Å². The second-order valence-electron chi connectivity index (χ2n) is 6.91. The van der Waals surface area contributed by atoms with Gasteiger partial charge in [0.2, 0.25) is 5.89 Å². The molecule has 1 aromatic rings. The molecule has 1 atom stereocenters. The number of ether oxygens (including phenoxy) is 1. The molecule has 9 heteroatoms. The minimum atomic E-state index is -0.286. The Labute approximate surface area is 145 Å². The van der Waals surface area contributed by atoms with Crippen molar-refractivity contribution in [3.05, 3.63) is 11.7 Å². The molecular weight excluding hydrogens is 326 g/mol. The first-order valence-corrected chi connectivity index (χ1v) is 8.99. The summed E-state index contributed by atoms with van der Waals surface area (Å²) in [6.45, 7) is 2.04. The molecule has 1 N–H and O–H groups in total. The minimum Gasteiger partial charge on any atom is -0.447 e. The molecule has 0 radical (unpaired) electrons. The topological polar surface area (TPSA) is 101 Å². The molecule has 3 aliphatic rings. The van der Waals surface area contributed by atoms with Gasteiger partial charge >= 0.3 is 12.1 Å². The SMILES string of the molecule is O=C(NCc1nc(C2CCCCC2)no1)N1CCN2C(=O)OCC2C1. The first kappa shape index (κ1) is 16.2. The summed E-state index contributed by atoms with van der Waals surface area (Å²) >= 11 is 0. The zero-order chi connectivity index (χ0) is 17.2. The summed E-state index contributed by atoms with van der Waals surface area (Å²) in [7, 11) is 0. The largest absolute Gasteiger partial charge is 0.447 e. The standard InChI is InChI=1S/C16H23N5O4/c22-15(20-6-7-21-12(9-20)10-24-16(21)23)17-8-13-18-14(19-25-13)11-4-2-1-3-5-11/h11-12H,1-10H2,(H,17,22). The molecule has 1 aliphatic carbocycles. The second-order valence-corrected chi connectivity index (χ2v) is 6.91. The third kappa shape index (κ3) is 3.40. The molecule has 0 aromatic carbocycles. The number of hydrogen-bond donors (Lipinski definition) is 1. The van der Waals surface area contributed by atoms with E-state index in [1.807, 2.05) is 0 Å². The highest BCUT2D eigenvalue weighted by atomic mass is 16.6. The van der Waals surface area contributed by atoms with Gasteiger partial charge in [-0.15, -0.1) is 0 Å². The molecule has 3 amide bonds. The lowest BCUT2D eigenvalue weighted by molar-refractivity contribution is 0.126. The van der Waals surface area contributed by atoms with Gasteiger partial charge in [0.1, 0.15) is 6.61 Å². The first-order chi connectivity index (χ1) is 12.2. The van der Waals surface area contributed by atoms with Crippen molar-refractivity contribution in [1.82, 2.24) is 25.3 Å². The number of urea groups is 1. The molecule has 1 unspecified atom stereocenters. The molecule has 0 spiro atoms. The number of cyclic esters (lactones) is 1. The van der Waals surface area contributed by atoms with Crippen molar-refractivity contribution in [3.8, 4) is 0 Å². The highest BCUT2D eigenvalue weighted by Crippen LogP contribution is 2.30. The van der Waals surface area contributed by atoms with Gasteiger partial charge in [0, 0.05) is 25.6 Å². The summed E-state index contributed by atoms with van der Waals surface area (Å²) in [5.74, 6) is 1.58. The predicted molar refractivity (Wildman–Crippen MR) is 85.8 cm³/mol. The molecule has 0 bridgehead atoms. The number of nitrogens with one attached hydrogen (secondary N) is 1. The van der Waals surface area contributed by atoms with E-state index in [2.05, 4.69) is 15.5 Å². The van der Waals surface area contributed by atoms with E-state index in [-0.39, 0.29) is 24.7 Å². The van der Waals surface area contributed by atoms with Crippen molar-refractivity contribution in [1.29, 1.82) is 0 Å². The van der Waals surface area contributed by atoms with Gasteiger partial charge < -0.3 is 19.5 Å². The van der Waals surface area contributed by atoms with Crippen LogP contribution in [0.4, 0.5) is 9.59 Å². The molecule has 2 saturated heterocycles. The van der Waals surface area contributed by atoms with Crippen LogP contribution in [0, 0.1) is 0 Å². The summed E-state index contributed by atoms with van der Waals surface area (Å²) in [6, 6.07) is -0.232. The van der Waals surface area contributed by atoms with Crippen LogP contribution in [-0.2, 0) is 11.3 Å².